The first-order valence-electron chi connectivity index (χ1n) is 8.27. The summed E-state index contributed by atoms with van der Waals surface area (Å²) >= 11 is 1.33. The molecule has 0 aliphatic carbocycles. The van der Waals surface area contributed by atoms with E-state index in [2.05, 4.69) is 15.1 Å². The summed E-state index contributed by atoms with van der Waals surface area (Å²) in [6, 6.07) is 9.67. The molecule has 0 bridgehead atoms. The third kappa shape index (κ3) is 3.13. The molecule has 3 N–H and O–H groups in total. The van der Waals surface area contributed by atoms with Crippen LogP contribution in [-0.2, 0) is 0 Å². The Hall–Kier alpha value is -3.21. The summed E-state index contributed by atoms with van der Waals surface area (Å²) in [7, 11) is 0. The van der Waals surface area contributed by atoms with Crippen LogP contribution in [0.5, 0.6) is 0 Å². The normalized spacial score (nSPS) is 15.7. The van der Waals surface area contributed by atoms with Gasteiger partial charge in [0.2, 0.25) is 0 Å². The molecule has 0 fully saturated rings. The first kappa shape index (κ1) is 18.2. The molecule has 9 nitrogen and oxygen atoms in total. The highest BCUT2D eigenvalue weighted by atomic mass is 32.2. The highest BCUT2D eigenvalue weighted by Gasteiger charge is 2.32. The fraction of sp³-hybridized carbons (Fsp3) is 0.111. The van der Waals surface area contributed by atoms with Crippen molar-refractivity contribution < 1.29 is 10.0 Å². The van der Waals surface area contributed by atoms with Gasteiger partial charge < -0.3 is 16.2 Å². The van der Waals surface area contributed by atoms with Gasteiger partial charge in [-0.15, -0.1) is 0 Å². The smallest absolute Gasteiger partial charge is 0.280 e. The van der Waals surface area contributed by atoms with Crippen LogP contribution in [0.3, 0.4) is 0 Å². The maximum atomic E-state index is 12.9. The molecular weight excluding hydrogens is 380 g/mol. The van der Waals surface area contributed by atoms with Crippen LogP contribution in [0.4, 0.5) is 11.5 Å². The number of pyridine rings is 1. The van der Waals surface area contributed by atoms with Crippen LogP contribution in [0.25, 0.3) is 0 Å². The number of thioether (sulfide) groups is 1. The third-order valence-corrected chi connectivity index (χ3v) is 5.41. The number of carbonyl (C=O) groups is 1. The number of nitrogens with two attached hydrogens (primary N) is 1. The molecule has 1 aliphatic rings. The molecule has 10 heteroatoms. The minimum atomic E-state index is -0.327. The second-order valence-electron chi connectivity index (χ2n) is 6.09. The van der Waals surface area contributed by atoms with Crippen molar-refractivity contribution in [3.05, 3.63) is 76.4 Å². The Morgan fingerprint density at radius 3 is 2.57 bits per heavy atom. The molecule has 0 amide bonds. The first-order chi connectivity index (χ1) is 13.5. The molecule has 0 saturated heterocycles. The summed E-state index contributed by atoms with van der Waals surface area (Å²) in [6.45, 7) is 1.81. The van der Waals surface area contributed by atoms with Gasteiger partial charge in [0.1, 0.15) is 0 Å². The number of anilines is 1. The van der Waals surface area contributed by atoms with Gasteiger partial charge in [-0.25, -0.2) is 4.99 Å². The number of hydrogen-bond acceptors (Lipinski definition) is 9. The lowest BCUT2D eigenvalue weighted by molar-refractivity contribution is 0.0947. The van der Waals surface area contributed by atoms with Crippen LogP contribution in [-0.4, -0.2) is 31.0 Å². The maximum Gasteiger partial charge on any atom is 0.280 e. The minimum absolute atomic E-state index is 0.117. The fourth-order valence-corrected chi connectivity index (χ4v) is 4.09. The molecule has 3 heterocycles. The van der Waals surface area contributed by atoms with Gasteiger partial charge in [-0.3, -0.25) is 15.0 Å². The van der Waals surface area contributed by atoms with Gasteiger partial charge in [-0.2, -0.15) is 9.78 Å². The molecule has 142 valence electrons. The average Bonchev–Trinajstić information content (AvgIpc) is 3.03. The molecule has 1 aliphatic heterocycles. The van der Waals surface area contributed by atoms with E-state index in [-0.39, 0.29) is 22.1 Å². The summed E-state index contributed by atoms with van der Waals surface area (Å²) in [4.78, 5) is 21.2. The number of nitrogens with zero attached hydrogens (tertiary/aromatic N) is 5. The highest BCUT2D eigenvalue weighted by molar-refractivity contribution is 8.14. The lowest BCUT2D eigenvalue weighted by Gasteiger charge is -2.24. The van der Waals surface area contributed by atoms with Gasteiger partial charge in [-0.05, 0) is 36.8 Å². The highest BCUT2D eigenvalue weighted by Crippen LogP contribution is 2.46. The molecule has 0 spiro atoms. The summed E-state index contributed by atoms with van der Waals surface area (Å²) in [6.07, 6.45) is 3.07. The summed E-state index contributed by atoms with van der Waals surface area (Å²) in [5.74, 6) is 0.0591. The third-order valence-electron chi connectivity index (χ3n) is 4.33. The summed E-state index contributed by atoms with van der Waals surface area (Å²) in [5, 5.41) is 24.3. The van der Waals surface area contributed by atoms with Crippen molar-refractivity contribution >= 4 is 34.3 Å². The van der Waals surface area contributed by atoms with Crippen molar-refractivity contribution in [2.75, 3.05) is 5.23 Å². The second-order valence-corrected chi connectivity index (χ2v) is 7.21. The van der Waals surface area contributed by atoms with Gasteiger partial charge in [-0.1, -0.05) is 23.9 Å². The van der Waals surface area contributed by atoms with E-state index in [1.807, 2.05) is 0 Å². The van der Waals surface area contributed by atoms with E-state index in [9.17, 15) is 10.0 Å². The number of hydrogen-bond donors (Lipinski definition) is 2. The summed E-state index contributed by atoms with van der Waals surface area (Å²) in [5.41, 5.74) is 8.85. The molecule has 0 radical (unpaired) electrons. The summed E-state index contributed by atoms with van der Waals surface area (Å²) < 4.78 is 1.25. The number of amidine groups is 1. The fourth-order valence-electron chi connectivity index (χ4n) is 3.02. The Bertz CT molecular complexity index is 1060. The monoisotopic (exact) mass is 395 g/mol. The van der Waals surface area contributed by atoms with E-state index < -0.39 is 0 Å². The Morgan fingerprint density at radius 2 is 1.93 bits per heavy atom. The number of aliphatic imine (C=N–C) groups is 1. The molecule has 1 aromatic carbocycles. The Kier molecular flexibility index (Phi) is 4.59. The lowest BCUT2D eigenvalue weighted by atomic mass is 10.0. The van der Waals surface area contributed by atoms with Crippen molar-refractivity contribution in [2.24, 2.45) is 10.7 Å². The number of aromatic nitrogens is 3. The van der Waals surface area contributed by atoms with Crippen LogP contribution in [0.15, 0.2) is 53.8 Å². The quantitative estimate of drug-likeness (QED) is 0.647. The molecule has 0 saturated carbocycles. The number of aryl methyl sites for hydroxylation is 1. The zero-order valence-corrected chi connectivity index (χ0v) is 15.5. The molecule has 4 rings (SSSR count). The van der Waals surface area contributed by atoms with E-state index in [4.69, 9.17) is 10.9 Å². The van der Waals surface area contributed by atoms with Crippen LogP contribution in [0.1, 0.15) is 32.4 Å². The van der Waals surface area contributed by atoms with E-state index in [0.29, 0.717) is 22.2 Å². The Labute approximate surface area is 164 Å². The Balaban J connectivity index is 1.79. The van der Waals surface area contributed by atoms with Gasteiger partial charge in [0.15, 0.2) is 11.0 Å². The maximum absolute atomic E-state index is 12.9. The number of benzene rings is 1. The number of fused-ring (bicyclic) bond motifs is 1. The predicted octanol–water partition coefficient (Wildman–Crippen LogP) is 2.75. The van der Waals surface area contributed by atoms with Gasteiger partial charge in [0.05, 0.1) is 16.6 Å². The molecule has 2 aromatic heterocycles. The molecule has 1 unspecified atom stereocenters. The van der Waals surface area contributed by atoms with Gasteiger partial charge in [0, 0.05) is 23.5 Å². The van der Waals surface area contributed by atoms with Crippen LogP contribution in [0.2, 0.25) is 0 Å². The largest absolute Gasteiger partial charge is 0.733 e. The molecule has 1 atom stereocenters. The molecular formula is C18H15N6O3S-. The Morgan fingerprint density at radius 1 is 1.25 bits per heavy atom. The molecule has 28 heavy (non-hydrogen) atoms. The standard InChI is InChI=1S/C18H15N6O3S/c1-10-14-15(11-2-4-13(5-3-11)24(26)27)28-18(19)21-16(14)23(22-10)17(25)12-6-8-20-9-7-12/h2-9,15,26H,1H3,(H2,19,21)/q-1. The average molecular weight is 395 g/mol. The van der Waals surface area contributed by atoms with Crippen molar-refractivity contribution in [2.45, 2.75) is 12.2 Å². The minimum Gasteiger partial charge on any atom is -0.733 e. The zero-order chi connectivity index (χ0) is 19.8. The van der Waals surface area contributed by atoms with Crippen LogP contribution < -0.4 is 11.0 Å². The predicted molar refractivity (Wildman–Crippen MR) is 106 cm³/mol. The first-order valence-corrected chi connectivity index (χ1v) is 9.15. The van der Waals surface area contributed by atoms with Crippen molar-refractivity contribution in [3.63, 3.8) is 0 Å². The van der Waals surface area contributed by atoms with Gasteiger partial charge in [0.25, 0.3) is 5.91 Å². The van der Waals surface area contributed by atoms with Gasteiger partial charge >= 0.3 is 0 Å². The zero-order valence-electron chi connectivity index (χ0n) is 14.7. The van der Waals surface area contributed by atoms with E-state index in [1.54, 1.807) is 31.2 Å². The van der Waals surface area contributed by atoms with E-state index in [1.165, 1.54) is 41.0 Å². The number of rotatable bonds is 3. The lowest BCUT2D eigenvalue weighted by Crippen LogP contribution is -2.18. The van der Waals surface area contributed by atoms with Crippen molar-refractivity contribution in [3.8, 4) is 0 Å². The topological polar surface area (TPSA) is 133 Å². The van der Waals surface area contributed by atoms with Crippen LogP contribution in [0, 0.1) is 12.1 Å². The number of carbonyl (C=O) groups excluding carboxylic acids is 1. The van der Waals surface area contributed by atoms with E-state index in [0.717, 1.165) is 11.1 Å². The van der Waals surface area contributed by atoms with E-state index >= 15 is 0 Å². The van der Waals surface area contributed by atoms with Crippen molar-refractivity contribution in [1.82, 2.24) is 14.8 Å². The second kappa shape index (κ2) is 7.08. The van der Waals surface area contributed by atoms with Crippen molar-refractivity contribution in [1.29, 1.82) is 0 Å². The van der Waals surface area contributed by atoms with Crippen LogP contribution >= 0.6 is 11.8 Å². The molecule has 3 aromatic rings. The SMILES string of the molecule is Cc1nn(C(=O)c2ccncc2)c2c1C(c1ccc(N([O-])O)cc1)SC(N)=N2.